The van der Waals surface area contributed by atoms with E-state index in [1.807, 2.05) is 34.6 Å². The van der Waals surface area contributed by atoms with Gasteiger partial charge in [-0.3, -0.25) is 4.79 Å². The Morgan fingerprint density at radius 1 is 1.34 bits per heavy atom. The maximum Gasteiger partial charge on any atom is 0.338 e. The van der Waals surface area contributed by atoms with Crippen molar-refractivity contribution in [1.29, 1.82) is 0 Å². The number of rotatable bonds is 9. The summed E-state index contributed by atoms with van der Waals surface area (Å²) in [6, 6.07) is 7.05. The predicted octanol–water partition coefficient (Wildman–Crippen LogP) is 3.92. The van der Waals surface area contributed by atoms with Crippen LogP contribution in [0.25, 0.3) is 0 Å². The third-order valence-corrected chi connectivity index (χ3v) is 6.50. The zero-order valence-corrected chi connectivity index (χ0v) is 19.1. The van der Waals surface area contributed by atoms with Gasteiger partial charge in [-0.25, -0.2) is 9.79 Å². The van der Waals surface area contributed by atoms with Crippen molar-refractivity contribution in [3.05, 3.63) is 64.9 Å². The Kier molecular flexibility index (Phi) is 6.69. The number of amidine groups is 1. The molecule has 2 aliphatic heterocycles. The standard InChI is InChI=1S/C24H27N3O4S/c1-4-11-31-23(29)21-15(2)26-24-27(22(21)18-7-5-6-8-19(18)30-3)17(14-32-24)12-20(28)25-13-16-9-10-16/h4-8,14,16,22H,1,9-13H2,2-3H3,(H,25,28)/t22-/m1/s1. The monoisotopic (exact) mass is 453 g/mol. The number of ether oxygens (including phenoxy) is 2. The van der Waals surface area contributed by atoms with E-state index in [0.29, 0.717) is 29.5 Å². The van der Waals surface area contributed by atoms with Crippen LogP contribution in [0, 0.1) is 5.92 Å². The molecule has 3 aliphatic rings. The predicted molar refractivity (Wildman–Crippen MR) is 125 cm³/mol. The highest BCUT2D eigenvalue weighted by Gasteiger charge is 2.42. The molecule has 1 aliphatic carbocycles. The molecule has 8 heteroatoms. The maximum atomic E-state index is 13.1. The number of allylic oxidation sites excluding steroid dienone is 1. The number of nitrogens with zero attached hydrogens (tertiary/aromatic N) is 2. The summed E-state index contributed by atoms with van der Waals surface area (Å²) in [5.74, 6) is 0.757. The normalized spacial score (nSPS) is 19.7. The Morgan fingerprint density at radius 2 is 2.12 bits per heavy atom. The highest BCUT2D eigenvalue weighted by atomic mass is 32.2. The van der Waals surface area contributed by atoms with Gasteiger partial charge in [-0.1, -0.05) is 42.6 Å². The lowest BCUT2D eigenvalue weighted by Gasteiger charge is -2.36. The third kappa shape index (κ3) is 4.60. The fraction of sp³-hybridized carbons (Fsp3) is 0.375. The largest absolute Gasteiger partial charge is 0.496 e. The highest BCUT2D eigenvalue weighted by molar-refractivity contribution is 8.16. The van der Waals surface area contributed by atoms with Crippen LogP contribution in [-0.2, 0) is 14.3 Å². The molecule has 1 atom stereocenters. The van der Waals surface area contributed by atoms with E-state index in [4.69, 9.17) is 9.47 Å². The number of methoxy groups -OCH3 is 1. The van der Waals surface area contributed by atoms with E-state index in [1.165, 1.54) is 30.7 Å². The van der Waals surface area contributed by atoms with Gasteiger partial charge < -0.3 is 19.7 Å². The number of carbonyl (C=O) groups is 2. The zero-order valence-electron chi connectivity index (χ0n) is 18.3. The first-order chi connectivity index (χ1) is 15.5. The van der Waals surface area contributed by atoms with Crippen molar-refractivity contribution >= 4 is 28.8 Å². The van der Waals surface area contributed by atoms with Gasteiger partial charge in [-0.2, -0.15) is 0 Å². The molecule has 4 rings (SSSR count). The number of fused-ring (bicyclic) bond motifs is 1. The van der Waals surface area contributed by atoms with E-state index in [-0.39, 0.29) is 18.9 Å². The van der Waals surface area contributed by atoms with Crippen LogP contribution in [-0.4, -0.2) is 42.2 Å². The summed E-state index contributed by atoms with van der Waals surface area (Å²) in [4.78, 5) is 32.3. The quantitative estimate of drug-likeness (QED) is 0.451. The fourth-order valence-corrected chi connectivity index (χ4v) is 4.80. The average molecular weight is 454 g/mol. The summed E-state index contributed by atoms with van der Waals surface area (Å²) in [5, 5.41) is 5.68. The summed E-state index contributed by atoms with van der Waals surface area (Å²) in [6.07, 6.45) is 4.10. The van der Waals surface area contributed by atoms with Crippen LogP contribution in [0.2, 0.25) is 0 Å². The number of esters is 1. The molecule has 7 nitrogen and oxygen atoms in total. The number of carbonyl (C=O) groups excluding carboxylic acids is 2. The van der Waals surface area contributed by atoms with Gasteiger partial charge in [-0.15, -0.1) is 0 Å². The number of para-hydroxylation sites is 1. The summed E-state index contributed by atoms with van der Waals surface area (Å²) in [7, 11) is 1.60. The zero-order chi connectivity index (χ0) is 22.7. The Labute approximate surface area is 192 Å². The number of amides is 1. The molecule has 0 aromatic heterocycles. The number of hydrogen-bond acceptors (Lipinski definition) is 7. The van der Waals surface area contributed by atoms with E-state index >= 15 is 0 Å². The van der Waals surface area contributed by atoms with Crippen molar-refractivity contribution in [2.75, 3.05) is 20.3 Å². The molecule has 1 amide bonds. The van der Waals surface area contributed by atoms with E-state index in [9.17, 15) is 9.59 Å². The molecular weight excluding hydrogens is 426 g/mol. The molecule has 0 bridgehead atoms. The molecule has 1 saturated carbocycles. The smallest absolute Gasteiger partial charge is 0.338 e. The number of nitrogens with one attached hydrogen (secondary N) is 1. The third-order valence-electron chi connectivity index (χ3n) is 5.61. The Morgan fingerprint density at radius 3 is 2.84 bits per heavy atom. The van der Waals surface area contributed by atoms with Crippen molar-refractivity contribution in [1.82, 2.24) is 10.2 Å². The molecular formula is C24H27N3O4S. The van der Waals surface area contributed by atoms with Crippen molar-refractivity contribution < 1.29 is 19.1 Å². The molecule has 1 N–H and O–H groups in total. The number of benzene rings is 1. The molecule has 32 heavy (non-hydrogen) atoms. The van der Waals surface area contributed by atoms with E-state index in [0.717, 1.165) is 16.4 Å². The van der Waals surface area contributed by atoms with Crippen LogP contribution in [0.4, 0.5) is 0 Å². The van der Waals surface area contributed by atoms with E-state index in [1.54, 1.807) is 14.0 Å². The van der Waals surface area contributed by atoms with Crippen molar-refractivity contribution in [2.24, 2.45) is 10.9 Å². The highest BCUT2D eigenvalue weighted by Crippen LogP contribution is 2.46. The van der Waals surface area contributed by atoms with E-state index < -0.39 is 12.0 Å². The van der Waals surface area contributed by atoms with Crippen LogP contribution in [0.3, 0.4) is 0 Å². The first kappa shape index (κ1) is 22.2. The van der Waals surface area contributed by atoms with Gasteiger partial charge in [0.25, 0.3) is 0 Å². The minimum Gasteiger partial charge on any atom is -0.496 e. The minimum atomic E-state index is -0.520. The minimum absolute atomic E-state index is 0.0363. The van der Waals surface area contributed by atoms with Gasteiger partial charge in [0.2, 0.25) is 5.91 Å². The first-order valence-electron chi connectivity index (χ1n) is 10.7. The molecule has 0 spiro atoms. The number of thioether (sulfide) groups is 1. The summed E-state index contributed by atoms with van der Waals surface area (Å²) >= 11 is 1.45. The lowest BCUT2D eigenvalue weighted by atomic mass is 9.93. The fourth-order valence-electron chi connectivity index (χ4n) is 3.84. The van der Waals surface area contributed by atoms with Crippen LogP contribution in [0.15, 0.2) is 64.3 Å². The molecule has 1 aromatic rings. The van der Waals surface area contributed by atoms with Gasteiger partial charge in [0, 0.05) is 17.8 Å². The van der Waals surface area contributed by atoms with Crippen molar-refractivity contribution in [3.63, 3.8) is 0 Å². The van der Waals surface area contributed by atoms with Crippen molar-refractivity contribution in [3.8, 4) is 5.75 Å². The second-order valence-corrected chi connectivity index (χ2v) is 8.78. The van der Waals surface area contributed by atoms with Gasteiger partial charge in [-0.05, 0) is 37.2 Å². The topological polar surface area (TPSA) is 80.2 Å². The number of aliphatic imine (C=N–C) groups is 1. The maximum absolute atomic E-state index is 13.1. The van der Waals surface area contributed by atoms with Gasteiger partial charge in [0.15, 0.2) is 5.17 Å². The molecule has 0 radical (unpaired) electrons. The summed E-state index contributed by atoms with van der Waals surface area (Å²) in [6.45, 7) is 6.25. The summed E-state index contributed by atoms with van der Waals surface area (Å²) in [5.41, 5.74) is 2.60. The molecule has 0 saturated heterocycles. The number of hydrogen-bond donors (Lipinski definition) is 1. The molecule has 0 unspecified atom stereocenters. The lowest BCUT2D eigenvalue weighted by molar-refractivity contribution is -0.138. The lowest BCUT2D eigenvalue weighted by Crippen LogP contribution is -2.38. The van der Waals surface area contributed by atoms with Crippen molar-refractivity contribution in [2.45, 2.75) is 32.2 Å². The Balaban J connectivity index is 1.69. The van der Waals surface area contributed by atoms with Gasteiger partial charge >= 0.3 is 5.97 Å². The Hall–Kier alpha value is -3.00. The van der Waals surface area contributed by atoms with Gasteiger partial charge in [0.05, 0.1) is 30.8 Å². The second kappa shape index (κ2) is 9.65. The molecule has 2 heterocycles. The average Bonchev–Trinajstić information content (AvgIpc) is 3.55. The second-order valence-electron chi connectivity index (χ2n) is 7.95. The van der Waals surface area contributed by atoms with Crippen LogP contribution >= 0.6 is 11.8 Å². The van der Waals surface area contributed by atoms with Gasteiger partial charge in [0.1, 0.15) is 12.4 Å². The molecule has 1 aromatic carbocycles. The molecule has 1 fully saturated rings. The first-order valence-corrected chi connectivity index (χ1v) is 11.5. The molecule has 168 valence electrons. The van der Waals surface area contributed by atoms with Crippen LogP contribution in [0.1, 0.15) is 37.8 Å². The van der Waals surface area contributed by atoms with Crippen LogP contribution < -0.4 is 10.1 Å². The van der Waals surface area contributed by atoms with Crippen LogP contribution in [0.5, 0.6) is 5.75 Å². The SMILES string of the molecule is C=CCOC(=O)C1=C(C)N=C2SC=C(CC(=O)NCC3CC3)N2[C@@H]1c1ccccc1OC. The van der Waals surface area contributed by atoms with E-state index in [2.05, 4.69) is 16.9 Å². The summed E-state index contributed by atoms with van der Waals surface area (Å²) < 4.78 is 11.0. The Bertz CT molecular complexity index is 1030.